The van der Waals surface area contributed by atoms with Crippen LogP contribution in [0.15, 0.2) is 18.2 Å². The van der Waals surface area contributed by atoms with Crippen LogP contribution in [-0.2, 0) is 11.2 Å². The summed E-state index contributed by atoms with van der Waals surface area (Å²) in [7, 11) is 0. The van der Waals surface area contributed by atoms with E-state index in [0.717, 1.165) is 17.7 Å². The molecule has 0 spiro atoms. The molecule has 74 valence electrons. The van der Waals surface area contributed by atoms with Crippen LogP contribution in [0.5, 0.6) is 0 Å². The van der Waals surface area contributed by atoms with Crippen LogP contribution in [0.4, 0.5) is 5.69 Å². The Hall–Kier alpha value is -1.31. The van der Waals surface area contributed by atoms with E-state index in [1.54, 1.807) is 0 Å². The fourth-order valence-corrected chi connectivity index (χ4v) is 1.79. The lowest BCUT2D eigenvalue weighted by Gasteiger charge is -2.10. The van der Waals surface area contributed by atoms with Crippen molar-refractivity contribution in [2.45, 2.75) is 32.6 Å². The van der Waals surface area contributed by atoms with Gasteiger partial charge in [0.1, 0.15) is 0 Å². The lowest BCUT2D eigenvalue weighted by Crippen LogP contribution is -2.03. The summed E-state index contributed by atoms with van der Waals surface area (Å²) in [5.74, 6) is 0.692. The molecular formula is C12H15NO. The molecule has 1 heterocycles. The maximum absolute atomic E-state index is 11.1. The second-order valence-corrected chi connectivity index (χ2v) is 3.95. The van der Waals surface area contributed by atoms with Crippen LogP contribution in [0.1, 0.15) is 37.3 Å². The van der Waals surface area contributed by atoms with Gasteiger partial charge < -0.3 is 5.32 Å². The number of rotatable bonds is 2. The van der Waals surface area contributed by atoms with Crippen molar-refractivity contribution in [1.82, 2.24) is 0 Å². The zero-order valence-electron chi connectivity index (χ0n) is 8.63. The number of hydrogen-bond acceptors (Lipinski definition) is 1. The average Bonchev–Trinajstić information content (AvgIpc) is 2.55. The summed E-state index contributed by atoms with van der Waals surface area (Å²) in [5, 5.41) is 2.84. The Labute approximate surface area is 84.3 Å². The van der Waals surface area contributed by atoms with Gasteiger partial charge in [0.2, 0.25) is 5.91 Å². The largest absolute Gasteiger partial charge is 0.326 e. The van der Waals surface area contributed by atoms with Gasteiger partial charge in [0.15, 0.2) is 0 Å². The Morgan fingerprint density at radius 2 is 2.29 bits per heavy atom. The molecule has 0 bridgehead atoms. The van der Waals surface area contributed by atoms with Crippen molar-refractivity contribution in [2.75, 3.05) is 5.32 Å². The van der Waals surface area contributed by atoms with Crippen molar-refractivity contribution in [1.29, 1.82) is 0 Å². The summed E-state index contributed by atoms with van der Waals surface area (Å²) >= 11 is 0. The Morgan fingerprint density at radius 1 is 1.50 bits per heavy atom. The van der Waals surface area contributed by atoms with Crippen LogP contribution in [0, 0.1) is 0 Å². The minimum Gasteiger partial charge on any atom is -0.326 e. The van der Waals surface area contributed by atoms with Crippen LogP contribution in [0.25, 0.3) is 0 Å². The topological polar surface area (TPSA) is 29.1 Å². The smallest absolute Gasteiger partial charge is 0.228 e. The zero-order chi connectivity index (χ0) is 10.1. The lowest BCUT2D eigenvalue weighted by molar-refractivity contribution is -0.115. The van der Waals surface area contributed by atoms with Gasteiger partial charge in [0, 0.05) is 5.69 Å². The van der Waals surface area contributed by atoms with Crippen molar-refractivity contribution >= 4 is 11.6 Å². The molecule has 2 rings (SSSR count). The van der Waals surface area contributed by atoms with Crippen LogP contribution < -0.4 is 5.32 Å². The van der Waals surface area contributed by atoms with E-state index in [9.17, 15) is 4.79 Å². The maximum Gasteiger partial charge on any atom is 0.228 e. The normalized spacial score (nSPS) is 16.3. The third-order valence-corrected chi connectivity index (χ3v) is 2.94. The number of nitrogens with one attached hydrogen (secondary N) is 1. The predicted octanol–water partition coefficient (Wildman–Crippen LogP) is 2.69. The molecule has 0 saturated heterocycles. The first-order chi connectivity index (χ1) is 6.70. The fraction of sp³-hybridized carbons (Fsp3) is 0.417. The van der Waals surface area contributed by atoms with Crippen LogP contribution >= 0.6 is 0 Å². The molecule has 0 aliphatic carbocycles. The van der Waals surface area contributed by atoms with E-state index in [-0.39, 0.29) is 5.91 Å². The quantitative estimate of drug-likeness (QED) is 0.761. The molecule has 0 fully saturated rings. The summed E-state index contributed by atoms with van der Waals surface area (Å²) in [5.41, 5.74) is 3.47. The minimum atomic E-state index is 0.112. The van der Waals surface area contributed by atoms with Crippen molar-refractivity contribution < 1.29 is 4.79 Å². The summed E-state index contributed by atoms with van der Waals surface area (Å²) in [6.45, 7) is 4.40. The first-order valence-electron chi connectivity index (χ1n) is 5.13. The van der Waals surface area contributed by atoms with Crippen LogP contribution in [0.2, 0.25) is 0 Å². The Bertz CT molecular complexity index is 371. The summed E-state index contributed by atoms with van der Waals surface area (Å²) < 4.78 is 0. The molecule has 1 unspecified atom stereocenters. The Balaban J connectivity index is 2.32. The van der Waals surface area contributed by atoms with Gasteiger partial charge in [0.05, 0.1) is 6.42 Å². The second kappa shape index (κ2) is 3.45. The highest BCUT2D eigenvalue weighted by Gasteiger charge is 2.18. The van der Waals surface area contributed by atoms with Gasteiger partial charge in [0.25, 0.3) is 0 Å². The second-order valence-electron chi connectivity index (χ2n) is 3.95. The molecule has 0 radical (unpaired) electrons. The molecule has 2 heteroatoms. The van der Waals surface area contributed by atoms with E-state index in [0.29, 0.717) is 12.3 Å². The zero-order valence-corrected chi connectivity index (χ0v) is 8.63. The van der Waals surface area contributed by atoms with Crippen molar-refractivity contribution in [3.8, 4) is 0 Å². The SMILES string of the molecule is CCC(C)c1ccc2c(c1)CC(=O)N2. The van der Waals surface area contributed by atoms with Gasteiger partial charge >= 0.3 is 0 Å². The van der Waals surface area contributed by atoms with Crippen LogP contribution in [-0.4, -0.2) is 5.91 Å². The molecule has 1 N–H and O–H groups in total. The maximum atomic E-state index is 11.1. The molecule has 14 heavy (non-hydrogen) atoms. The van der Waals surface area contributed by atoms with Gasteiger partial charge in [-0.2, -0.15) is 0 Å². The molecule has 1 amide bonds. The third-order valence-electron chi connectivity index (χ3n) is 2.94. The first kappa shape index (κ1) is 9.25. The van der Waals surface area contributed by atoms with Crippen molar-refractivity contribution in [3.63, 3.8) is 0 Å². The van der Waals surface area contributed by atoms with E-state index < -0.39 is 0 Å². The monoisotopic (exact) mass is 189 g/mol. The molecule has 1 aromatic rings. The average molecular weight is 189 g/mol. The van der Waals surface area contributed by atoms with E-state index in [1.165, 1.54) is 5.56 Å². The number of anilines is 1. The van der Waals surface area contributed by atoms with Gasteiger partial charge in [-0.25, -0.2) is 0 Å². The number of carbonyl (C=O) groups is 1. The molecule has 1 aromatic carbocycles. The van der Waals surface area contributed by atoms with Gasteiger partial charge in [-0.05, 0) is 29.5 Å². The molecule has 0 saturated carbocycles. The summed E-state index contributed by atoms with van der Waals surface area (Å²) in [6.07, 6.45) is 1.68. The van der Waals surface area contributed by atoms with Gasteiger partial charge in [-0.15, -0.1) is 0 Å². The minimum absolute atomic E-state index is 0.112. The number of carbonyl (C=O) groups excluding carboxylic acids is 1. The highest BCUT2D eigenvalue weighted by Crippen LogP contribution is 2.28. The third kappa shape index (κ3) is 1.52. The highest BCUT2D eigenvalue weighted by atomic mass is 16.1. The van der Waals surface area contributed by atoms with Crippen molar-refractivity contribution in [3.05, 3.63) is 29.3 Å². The van der Waals surface area contributed by atoms with Crippen LogP contribution in [0.3, 0.4) is 0 Å². The Morgan fingerprint density at radius 3 is 3.00 bits per heavy atom. The van der Waals surface area contributed by atoms with Gasteiger partial charge in [-0.3, -0.25) is 4.79 Å². The number of benzene rings is 1. The molecule has 1 atom stereocenters. The van der Waals surface area contributed by atoms with E-state index in [2.05, 4.69) is 31.3 Å². The number of amides is 1. The standard InChI is InChI=1S/C12H15NO/c1-3-8(2)9-4-5-11-10(6-9)7-12(14)13-11/h4-6,8H,3,7H2,1-2H3,(H,13,14). The summed E-state index contributed by atoms with van der Waals surface area (Å²) in [6, 6.07) is 6.28. The molecular weight excluding hydrogens is 174 g/mol. The number of hydrogen-bond donors (Lipinski definition) is 1. The van der Waals surface area contributed by atoms with E-state index in [4.69, 9.17) is 0 Å². The van der Waals surface area contributed by atoms with Crippen molar-refractivity contribution in [2.24, 2.45) is 0 Å². The predicted molar refractivity (Wildman–Crippen MR) is 57.5 cm³/mol. The fourth-order valence-electron chi connectivity index (χ4n) is 1.79. The van der Waals surface area contributed by atoms with E-state index >= 15 is 0 Å². The van der Waals surface area contributed by atoms with E-state index in [1.807, 2.05) is 6.07 Å². The lowest BCUT2D eigenvalue weighted by atomic mass is 9.96. The highest BCUT2D eigenvalue weighted by molar-refractivity contribution is 5.99. The number of fused-ring (bicyclic) bond motifs is 1. The first-order valence-corrected chi connectivity index (χ1v) is 5.13. The molecule has 1 aliphatic rings. The molecule has 0 aromatic heterocycles. The Kier molecular flexibility index (Phi) is 2.28. The summed E-state index contributed by atoms with van der Waals surface area (Å²) in [4.78, 5) is 11.1. The molecule has 1 aliphatic heterocycles. The molecule has 2 nitrogen and oxygen atoms in total. The van der Waals surface area contributed by atoms with Gasteiger partial charge in [-0.1, -0.05) is 26.0 Å².